The molecule has 28 heavy (non-hydrogen) atoms. The van der Waals surface area contributed by atoms with Crippen molar-refractivity contribution in [3.05, 3.63) is 60.2 Å². The molecule has 4 amide bonds. The van der Waals surface area contributed by atoms with E-state index in [4.69, 9.17) is 9.47 Å². The van der Waals surface area contributed by atoms with Crippen LogP contribution in [0.5, 0.6) is 11.5 Å². The Morgan fingerprint density at radius 2 is 1.71 bits per heavy atom. The highest BCUT2D eigenvalue weighted by molar-refractivity contribution is 6.08. The first kappa shape index (κ1) is 19.2. The second-order valence-corrected chi connectivity index (χ2v) is 6.47. The van der Waals surface area contributed by atoms with E-state index in [9.17, 15) is 14.4 Å². The average molecular weight is 383 g/mol. The van der Waals surface area contributed by atoms with Crippen LogP contribution in [0.1, 0.15) is 19.4 Å². The molecule has 0 aromatic heterocycles. The van der Waals surface area contributed by atoms with Gasteiger partial charge in [-0.05, 0) is 43.7 Å². The zero-order valence-electron chi connectivity index (χ0n) is 15.8. The summed E-state index contributed by atoms with van der Waals surface area (Å²) in [5.74, 6) is -0.0825. The van der Waals surface area contributed by atoms with E-state index in [0.717, 1.165) is 0 Å². The van der Waals surface area contributed by atoms with Crippen molar-refractivity contribution >= 4 is 17.8 Å². The van der Waals surface area contributed by atoms with Gasteiger partial charge in [0.25, 0.3) is 11.8 Å². The van der Waals surface area contributed by atoms with Gasteiger partial charge in [-0.1, -0.05) is 30.3 Å². The zero-order chi connectivity index (χ0) is 20.3. The Morgan fingerprint density at radius 3 is 2.32 bits per heavy atom. The number of hydrogen-bond acceptors (Lipinski definition) is 5. The van der Waals surface area contributed by atoms with Crippen molar-refractivity contribution in [1.29, 1.82) is 0 Å². The number of ether oxygens (including phenoxy) is 2. The first-order valence-electron chi connectivity index (χ1n) is 8.68. The summed E-state index contributed by atoms with van der Waals surface area (Å²) in [5, 5.41) is 3.30. The van der Waals surface area contributed by atoms with E-state index in [1.807, 2.05) is 6.07 Å². The van der Waals surface area contributed by atoms with Crippen LogP contribution >= 0.6 is 0 Å². The summed E-state index contributed by atoms with van der Waals surface area (Å²) in [6, 6.07) is 14.8. The van der Waals surface area contributed by atoms with E-state index in [-0.39, 0.29) is 0 Å². The highest BCUT2D eigenvalue weighted by Gasteiger charge is 2.50. The lowest BCUT2D eigenvalue weighted by atomic mass is 9.92. The van der Waals surface area contributed by atoms with E-state index in [1.165, 1.54) is 14.0 Å². The van der Waals surface area contributed by atoms with Crippen molar-refractivity contribution in [2.45, 2.75) is 25.5 Å². The normalized spacial score (nSPS) is 19.8. The summed E-state index contributed by atoms with van der Waals surface area (Å²) in [6.45, 7) is 3.11. The first-order chi connectivity index (χ1) is 13.3. The van der Waals surface area contributed by atoms with E-state index in [0.29, 0.717) is 22.1 Å². The number of nitrogens with one attached hydrogen (secondary N) is 2. The van der Waals surface area contributed by atoms with Crippen LogP contribution in [0.15, 0.2) is 54.6 Å². The van der Waals surface area contributed by atoms with Crippen molar-refractivity contribution in [1.82, 2.24) is 15.8 Å². The number of benzene rings is 2. The van der Waals surface area contributed by atoms with Crippen LogP contribution in [0.3, 0.4) is 0 Å². The zero-order valence-corrected chi connectivity index (χ0v) is 15.8. The van der Waals surface area contributed by atoms with Crippen molar-refractivity contribution in [2.24, 2.45) is 0 Å². The molecule has 0 saturated carbocycles. The SMILES string of the molecule is COc1ccc([C@]2(C)NC(=O)N(NC(=O)[C@H](C)Oc3ccccc3)C2=O)cc1. The standard InChI is InChI=1S/C20H21N3O5/c1-13(28-16-7-5-4-6-8-16)17(24)22-23-18(25)20(2,21-19(23)26)14-9-11-15(27-3)12-10-14/h4-13H,1-3H3,(H,21,26)(H,22,24)/t13-,20-/m0/s1. The molecule has 0 radical (unpaired) electrons. The van der Waals surface area contributed by atoms with Gasteiger partial charge in [-0.3, -0.25) is 15.0 Å². The maximum atomic E-state index is 12.9. The van der Waals surface area contributed by atoms with Crippen molar-refractivity contribution in [3.8, 4) is 11.5 Å². The molecule has 2 N–H and O–H groups in total. The molecule has 2 atom stereocenters. The Balaban J connectivity index is 1.71. The third-order valence-corrected chi connectivity index (χ3v) is 4.51. The summed E-state index contributed by atoms with van der Waals surface area (Å²) in [6.07, 6.45) is -0.907. The molecule has 3 rings (SSSR count). The smallest absolute Gasteiger partial charge is 0.344 e. The number of urea groups is 1. The van der Waals surface area contributed by atoms with Crippen LogP contribution < -0.4 is 20.2 Å². The van der Waals surface area contributed by atoms with Gasteiger partial charge in [0.2, 0.25) is 0 Å². The monoisotopic (exact) mass is 383 g/mol. The van der Waals surface area contributed by atoms with Crippen LogP contribution in [-0.2, 0) is 15.1 Å². The summed E-state index contributed by atoms with van der Waals surface area (Å²) in [5.41, 5.74) is 1.59. The van der Waals surface area contributed by atoms with Crippen molar-refractivity contribution in [2.75, 3.05) is 7.11 Å². The van der Waals surface area contributed by atoms with Gasteiger partial charge in [-0.15, -0.1) is 0 Å². The molecule has 0 bridgehead atoms. The molecule has 2 aromatic carbocycles. The van der Waals surface area contributed by atoms with Gasteiger partial charge in [0.15, 0.2) is 6.10 Å². The van der Waals surface area contributed by atoms with Gasteiger partial charge in [0, 0.05) is 0 Å². The summed E-state index contributed by atoms with van der Waals surface area (Å²) in [4.78, 5) is 37.6. The van der Waals surface area contributed by atoms with Gasteiger partial charge in [-0.25, -0.2) is 4.79 Å². The summed E-state index contributed by atoms with van der Waals surface area (Å²) >= 11 is 0. The predicted molar refractivity (Wildman–Crippen MR) is 100 cm³/mol. The molecule has 1 aliphatic rings. The Kier molecular flexibility index (Phi) is 5.21. The number of amides is 4. The lowest BCUT2D eigenvalue weighted by Gasteiger charge is -2.23. The number of rotatable bonds is 6. The van der Waals surface area contributed by atoms with Crippen LogP contribution in [0.4, 0.5) is 4.79 Å². The molecule has 1 aliphatic heterocycles. The number of methoxy groups -OCH3 is 1. The van der Waals surface area contributed by atoms with E-state index < -0.39 is 29.5 Å². The minimum Gasteiger partial charge on any atom is -0.497 e. The maximum absolute atomic E-state index is 12.9. The highest BCUT2D eigenvalue weighted by Crippen LogP contribution is 2.29. The molecule has 1 heterocycles. The van der Waals surface area contributed by atoms with Crippen molar-refractivity contribution < 1.29 is 23.9 Å². The molecule has 0 aliphatic carbocycles. The number of nitrogens with zero attached hydrogens (tertiary/aromatic N) is 1. The molecule has 0 unspecified atom stereocenters. The van der Waals surface area contributed by atoms with Gasteiger partial charge in [-0.2, -0.15) is 5.01 Å². The second-order valence-electron chi connectivity index (χ2n) is 6.47. The Morgan fingerprint density at radius 1 is 1.07 bits per heavy atom. The molecule has 8 heteroatoms. The quantitative estimate of drug-likeness (QED) is 0.744. The van der Waals surface area contributed by atoms with Gasteiger partial charge >= 0.3 is 6.03 Å². The number of para-hydroxylation sites is 1. The number of imide groups is 1. The molecule has 0 spiro atoms. The third-order valence-electron chi connectivity index (χ3n) is 4.51. The highest BCUT2D eigenvalue weighted by atomic mass is 16.5. The fraction of sp³-hybridized carbons (Fsp3) is 0.250. The van der Waals surface area contributed by atoms with Gasteiger partial charge in [0.05, 0.1) is 7.11 Å². The van der Waals surface area contributed by atoms with Crippen LogP contribution in [0, 0.1) is 0 Å². The maximum Gasteiger partial charge on any atom is 0.344 e. The van der Waals surface area contributed by atoms with Crippen LogP contribution in [-0.4, -0.2) is 36.1 Å². The molecule has 1 fully saturated rings. The first-order valence-corrected chi connectivity index (χ1v) is 8.68. The number of carbonyl (C=O) groups excluding carboxylic acids is 3. The van der Waals surface area contributed by atoms with Gasteiger partial charge < -0.3 is 14.8 Å². The predicted octanol–water partition coefficient (Wildman–Crippen LogP) is 1.96. The molecule has 1 saturated heterocycles. The molecule has 8 nitrogen and oxygen atoms in total. The van der Waals surface area contributed by atoms with E-state index in [1.54, 1.807) is 55.5 Å². The molecular formula is C20H21N3O5. The fourth-order valence-corrected chi connectivity index (χ4v) is 2.82. The Hall–Kier alpha value is -3.55. The average Bonchev–Trinajstić information content (AvgIpc) is 2.92. The number of hydrogen-bond donors (Lipinski definition) is 2. The Bertz CT molecular complexity index is 884. The van der Waals surface area contributed by atoms with Crippen LogP contribution in [0.25, 0.3) is 0 Å². The number of hydrazine groups is 1. The van der Waals surface area contributed by atoms with Gasteiger partial charge in [0.1, 0.15) is 17.0 Å². The molecule has 146 valence electrons. The minimum absolute atomic E-state index is 0.505. The number of carbonyl (C=O) groups is 3. The third kappa shape index (κ3) is 3.62. The molecular weight excluding hydrogens is 362 g/mol. The summed E-state index contributed by atoms with van der Waals surface area (Å²) < 4.78 is 10.6. The minimum atomic E-state index is -1.31. The van der Waals surface area contributed by atoms with E-state index >= 15 is 0 Å². The van der Waals surface area contributed by atoms with Crippen LogP contribution in [0.2, 0.25) is 0 Å². The lowest BCUT2D eigenvalue weighted by Crippen LogP contribution is -2.51. The topological polar surface area (TPSA) is 97.0 Å². The lowest BCUT2D eigenvalue weighted by molar-refractivity contribution is -0.141. The fourth-order valence-electron chi connectivity index (χ4n) is 2.82. The molecule has 2 aromatic rings. The van der Waals surface area contributed by atoms with E-state index in [2.05, 4.69) is 10.7 Å². The van der Waals surface area contributed by atoms with Crippen molar-refractivity contribution in [3.63, 3.8) is 0 Å². The summed E-state index contributed by atoms with van der Waals surface area (Å²) in [7, 11) is 1.54. The largest absolute Gasteiger partial charge is 0.497 e. The second kappa shape index (κ2) is 7.59. The Labute approximate surface area is 162 Å².